The van der Waals surface area contributed by atoms with Crippen LogP contribution in [-0.4, -0.2) is 20.5 Å². The fourth-order valence-electron chi connectivity index (χ4n) is 1.42. The van der Waals surface area contributed by atoms with E-state index >= 15 is 0 Å². The summed E-state index contributed by atoms with van der Waals surface area (Å²) in [5.41, 5.74) is -0.209. The number of carbonyl (C=O) groups is 1. The quantitative estimate of drug-likeness (QED) is 0.477. The zero-order valence-corrected chi connectivity index (χ0v) is 11.1. The second-order valence-corrected chi connectivity index (χ2v) is 4.75. The molecule has 0 fully saturated rings. The van der Waals surface area contributed by atoms with Gasteiger partial charge in [-0.1, -0.05) is 11.3 Å². The standard InChI is InChI=1S/C11H11N3O4S/c1-3-13-6-8(5-12-13)18-11-9(14(16)17)4-10(19-11)7(2)15/h4-6H,3H2,1-2H3. The van der Waals surface area contributed by atoms with E-state index in [2.05, 4.69) is 5.10 Å². The third kappa shape index (κ3) is 2.79. The summed E-state index contributed by atoms with van der Waals surface area (Å²) in [6.07, 6.45) is 3.11. The highest BCUT2D eigenvalue weighted by Gasteiger charge is 2.23. The molecule has 19 heavy (non-hydrogen) atoms. The van der Waals surface area contributed by atoms with Crippen molar-refractivity contribution in [1.82, 2.24) is 9.78 Å². The van der Waals surface area contributed by atoms with Gasteiger partial charge in [0.25, 0.3) is 5.06 Å². The second-order valence-electron chi connectivity index (χ2n) is 3.73. The number of hydrogen-bond donors (Lipinski definition) is 0. The van der Waals surface area contributed by atoms with E-state index in [1.807, 2.05) is 6.92 Å². The predicted molar refractivity (Wildman–Crippen MR) is 69.0 cm³/mol. The topological polar surface area (TPSA) is 87.3 Å². The maximum absolute atomic E-state index is 11.3. The predicted octanol–water partition coefficient (Wildman–Crippen LogP) is 2.87. The summed E-state index contributed by atoms with van der Waals surface area (Å²) in [5, 5.41) is 15.0. The molecule has 0 spiro atoms. The van der Waals surface area contributed by atoms with Crippen molar-refractivity contribution < 1.29 is 14.5 Å². The maximum atomic E-state index is 11.3. The van der Waals surface area contributed by atoms with E-state index in [9.17, 15) is 14.9 Å². The molecule has 0 saturated heterocycles. The number of ketones is 1. The van der Waals surface area contributed by atoms with Crippen LogP contribution in [0.4, 0.5) is 5.69 Å². The zero-order chi connectivity index (χ0) is 14.0. The fourth-order valence-corrected chi connectivity index (χ4v) is 2.31. The Morgan fingerprint density at radius 2 is 2.37 bits per heavy atom. The Bertz CT molecular complexity index is 632. The first-order chi connectivity index (χ1) is 9.01. The van der Waals surface area contributed by atoms with Crippen LogP contribution in [0.15, 0.2) is 18.5 Å². The van der Waals surface area contributed by atoms with Crippen LogP contribution in [0.25, 0.3) is 0 Å². The monoisotopic (exact) mass is 281 g/mol. The first kappa shape index (κ1) is 13.2. The van der Waals surface area contributed by atoms with Crippen LogP contribution < -0.4 is 4.74 Å². The van der Waals surface area contributed by atoms with Crippen LogP contribution in [0.3, 0.4) is 0 Å². The van der Waals surface area contributed by atoms with Crippen LogP contribution in [-0.2, 0) is 6.54 Å². The molecule has 2 aromatic heterocycles. The molecular weight excluding hydrogens is 270 g/mol. The summed E-state index contributed by atoms with van der Waals surface area (Å²) in [6.45, 7) is 3.95. The highest BCUT2D eigenvalue weighted by Crippen LogP contribution is 2.39. The normalized spacial score (nSPS) is 10.4. The SMILES string of the molecule is CCn1cc(Oc2sc(C(C)=O)cc2[N+](=O)[O-])cn1. The van der Waals surface area contributed by atoms with E-state index in [-0.39, 0.29) is 16.5 Å². The van der Waals surface area contributed by atoms with E-state index in [1.165, 1.54) is 19.2 Å². The highest BCUT2D eigenvalue weighted by molar-refractivity contribution is 7.16. The van der Waals surface area contributed by atoms with Gasteiger partial charge < -0.3 is 4.74 Å². The molecule has 0 amide bonds. The first-order valence-corrected chi connectivity index (χ1v) is 6.32. The molecule has 0 aliphatic carbocycles. The van der Waals surface area contributed by atoms with Crippen molar-refractivity contribution >= 4 is 22.8 Å². The Morgan fingerprint density at radius 3 is 2.89 bits per heavy atom. The number of hydrogen-bond acceptors (Lipinski definition) is 6. The minimum atomic E-state index is -0.567. The molecule has 0 unspecified atom stereocenters. The molecule has 0 aliphatic rings. The van der Waals surface area contributed by atoms with Gasteiger partial charge in [-0.15, -0.1) is 0 Å². The van der Waals surface area contributed by atoms with Gasteiger partial charge in [0.2, 0.25) is 0 Å². The largest absolute Gasteiger partial charge is 0.437 e. The molecule has 7 nitrogen and oxygen atoms in total. The number of ether oxygens (including phenoxy) is 1. The van der Waals surface area contributed by atoms with Crippen LogP contribution >= 0.6 is 11.3 Å². The molecule has 0 bridgehead atoms. The van der Waals surface area contributed by atoms with Gasteiger partial charge >= 0.3 is 5.69 Å². The number of nitro groups is 1. The summed E-state index contributed by atoms with van der Waals surface area (Å²) in [6, 6.07) is 1.23. The molecule has 0 atom stereocenters. The third-order valence-corrected chi connectivity index (χ3v) is 3.47. The Balaban J connectivity index is 2.32. The van der Waals surface area contributed by atoms with Crippen LogP contribution in [0.2, 0.25) is 0 Å². The van der Waals surface area contributed by atoms with Gasteiger partial charge in [0.15, 0.2) is 11.5 Å². The smallest absolute Gasteiger partial charge is 0.323 e. The van der Waals surface area contributed by atoms with Gasteiger partial charge in [-0.3, -0.25) is 19.6 Å². The molecule has 2 heterocycles. The van der Waals surface area contributed by atoms with Crippen molar-refractivity contribution in [2.75, 3.05) is 0 Å². The zero-order valence-electron chi connectivity index (χ0n) is 10.3. The molecule has 0 radical (unpaired) electrons. The van der Waals surface area contributed by atoms with Gasteiger partial charge in [-0.2, -0.15) is 5.10 Å². The lowest BCUT2D eigenvalue weighted by Gasteiger charge is -1.97. The maximum Gasteiger partial charge on any atom is 0.323 e. The van der Waals surface area contributed by atoms with Crippen LogP contribution in [0, 0.1) is 10.1 Å². The molecule has 2 rings (SSSR count). The van der Waals surface area contributed by atoms with E-state index in [0.717, 1.165) is 11.3 Å². The summed E-state index contributed by atoms with van der Waals surface area (Å²) < 4.78 is 7.06. The average molecular weight is 281 g/mol. The number of Topliss-reactive ketones (excluding diaryl/α,β-unsaturated/α-hetero) is 1. The molecule has 0 aliphatic heterocycles. The van der Waals surface area contributed by atoms with E-state index in [1.54, 1.807) is 10.9 Å². The number of rotatable bonds is 5. The van der Waals surface area contributed by atoms with Crippen molar-refractivity contribution in [1.29, 1.82) is 0 Å². The number of aryl methyl sites for hydroxylation is 1. The molecule has 0 saturated carbocycles. The molecular formula is C11H11N3O4S. The van der Waals surface area contributed by atoms with E-state index in [0.29, 0.717) is 17.2 Å². The second kappa shape index (κ2) is 5.19. The fraction of sp³-hybridized carbons (Fsp3) is 0.273. The van der Waals surface area contributed by atoms with Crippen molar-refractivity contribution in [3.63, 3.8) is 0 Å². The van der Waals surface area contributed by atoms with E-state index in [4.69, 9.17) is 4.74 Å². The first-order valence-electron chi connectivity index (χ1n) is 5.50. The Labute approximate surface area is 112 Å². The van der Waals surface area contributed by atoms with Crippen molar-refractivity contribution in [2.45, 2.75) is 20.4 Å². The lowest BCUT2D eigenvalue weighted by atomic mass is 10.3. The molecule has 2 aromatic rings. The average Bonchev–Trinajstić information content (AvgIpc) is 2.96. The van der Waals surface area contributed by atoms with E-state index < -0.39 is 4.92 Å². The summed E-state index contributed by atoms with van der Waals surface area (Å²) in [5.74, 6) is 0.175. The van der Waals surface area contributed by atoms with Crippen molar-refractivity contribution in [3.8, 4) is 10.8 Å². The molecule has 100 valence electrons. The number of carbonyl (C=O) groups excluding carboxylic acids is 1. The van der Waals surface area contributed by atoms with Crippen LogP contribution in [0.1, 0.15) is 23.5 Å². The lowest BCUT2D eigenvalue weighted by Crippen LogP contribution is -1.92. The van der Waals surface area contributed by atoms with Gasteiger partial charge in [-0.05, 0) is 13.8 Å². The van der Waals surface area contributed by atoms with Gasteiger partial charge in [0.1, 0.15) is 0 Å². The summed E-state index contributed by atoms with van der Waals surface area (Å²) in [4.78, 5) is 21.9. The minimum absolute atomic E-state index is 0.0888. The summed E-state index contributed by atoms with van der Waals surface area (Å²) >= 11 is 0.957. The van der Waals surface area contributed by atoms with Gasteiger partial charge in [0.05, 0.1) is 22.2 Å². The summed E-state index contributed by atoms with van der Waals surface area (Å²) in [7, 11) is 0. The molecule has 8 heteroatoms. The molecule has 0 aromatic carbocycles. The van der Waals surface area contributed by atoms with Crippen molar-refractivity contribution in [2.24, 2.45) is 0 Å². The Morgan fingerprint density at radius 1 is 1.63 bits per heavy atom. The Kier molecular flexibility index (Phi) is 3.61. The van der Waals surface area contributed by atoms with Gasteiger partial charge in [-0.25, -0.2) is 0 Å². The lowest BCUT2D eigenvalue weighted by molar-refractivity contribution is -0.385. The number of nitrogens with zero attached hydrogens (tertiary/aromatic N) is 3. The highest BCUT2D eigenvalue weighted by atomic mass is 32.1. The van der Waals surface area contributed by atoms with Crippen LogP contribution in [0.5, 0.6) is 10.8 Å². The molecule has 0 N–H and O–H groups in total. The Hall–Kier alpha value is -2.22. The minimum Gasteiger partial charge on any atom is -0.437 e. The third-order valence-electron chi connectivity index (χ3n) is 2.37. The van der Waals surface area contributed by atoms with Gasteiger partial charge in [0, 0.05) is 12.6 Å². The van der Waals surface area contributed by atoms with Crippen molar-refractivity contribution in [3.05, 3.63) is 33.5 Å². The number of thiophene rings is 1. The number of aromatic nitrogens is 2.